The number of rotatable bonds is 4. The van der Waals surface area contributed by atoms with Gasteiger partial charge in [-0.25, -0.2) is 14.2 Å². The van der Waals surface area contributed by atoms with Gasteiger partial charge >= 0.3 is 6.03 Å². The minimum Gasteiger partial charge on any atom is -0.376 e. The Bertz CT molecular complexity index is 705. The van der Waals surface area contributed by atoms with Crippen molar-refractivity contribution in [1.82, 2.24) is 10.3 Å². The summed E-state index contributed by atoms with van der Waals surface area (Å²) in [6.07, 6.45) is 3.15. The largest absolute Gasteiger partial charge is 0.376 e. The molecule has 0 spiro atoms. The first-order valence-corrected chi connectivity index (χ1v) is 8.06. The molecule has 7 heteroatoms. The number of pyridine rings is 1. The highest BCUT2D eigenvalue weighted by atomic mass is 35.5. The van der Waals surface area contributed by atoms with E-state index in [-0.39, 0.29) is 23.1 Å². The molecule has 126 valence electrons. The molecule has 2 heterocycles. The maximum Gasteiger partial charge on any atom is 0.319 e. The summed E-state index contributed by atoms with van der Waals surface area (Å²) in [5.41, 5.74) is 1.21. The Morgan fingerprint density at radius 2 is 2.12 bits per heavy atom. The molecular weight excluding hydrogens is 333 g/mol. The molecule has 0 aliphatic carbocycles. The number of carbonyl (C=O) groups is 1. The highest BCUT2D eigenvalue weighted by Crippen LogP contribution is 2.27. The highest BCUT2D eigenvalue weighted by molar-refractivity contribution is 6.32. The lowest BCUT2D eigenvalue weighted by Gasteiger charge is -2.25. The molecule has 1 fully saturated rings. The van der Waals surface area contributed by atoms with E-state index in [0.29, 0.717) is 12.3 Å². The molecule has 1 aliphatic rings. The number of urea groups is 1. The summed E-state index contributed by atoms with van der Waals surface area (Å²) in [4.78, 5) is 16.2. The fourth-order valence-corrected chi connectivity index (χ4v) is 2.87. The zero-order valence-electron chi connectivity index (χ0n) is 12.8. The molecule has 2 atom stereocenters. The number of carbonyl (C=O) groups excluding carboxylic acids is 1. The van der Waals surface area contributed by atoms with Crippen LogP contribution in [-0.4, -0.2) is 23.7 Å². The molecule has 0 saturated carbocycles. The van der Waals surface area contributed by atoms with Gasteiger partial charge in [0.1, 0.15) is 5.82 Å². The Morgan fingerprint density at radius 1 is 1.33 bits per heavy atom. The van der Waals surface area contributed by atoms with Gasteiger partial charge in [0.25, 0.3) is 0 Å². The monoisotopic (exact) mass is 349 g/mol. The predicted molar refractivity (Wildman–Crippen MR) is 89.5 cm³/mol. The van der Waals surface area contributed by atoms with E-state index in [9.17, 15) is 9.18 Å². The van der Waals surface area contributed by atoms with E-state index in [4.69, 9.17) is 16.3 Å². The van der Waals surface area contributed by atoms with Gasteiger partial charge in [0.15, 0.2) is 5.15 Å². The van der Waals surface area contributed by atoms with Crippen LogP contribution in [0.5, 0.6) is 0 Å². The number of hydrogen-bond donors (Lipinski definition) is 2. The third-order valence-corrected chi connectivity index (χ3v) is 4.16. The number of nitrogens with zero attached hydrogens (tertiary/aromatic N) is 1. The minimum atomic E-state index is -0.422. The molecular formula is C17H17ClFN3O2. The van der Waals surface area contributed by atoms with Crippen molar-refractivity contribution in [3.8, 4) is 0 Å². The molecule has 0 bridgehead atoms. The minimum absolute atomic E-state index is 0.148. The van der Waals surface area contributed by atoms with Crippen LogP contribution in [0.15, 0.2) is 42.6 Å². The maximum absolute atomic E-state index is 13.2. The molecule has 5 nitrogen and oxygen atoms in total. The van der Waals surface area contributed by atoms with Crippen molar-refractivity contribution in [3.05, 3.63) is 59.1 Å². The number of nitrogens with one attached hydrogen (secondary N) is 2. The Kier molecular flexibility index (Phi) is 5.27. The van der Waals surface area contributed by atoms with Gasteiger partial charge in [0.05, 0.1) is 17.8 Å². The maximum atomic E-state index is 13.2. The average Bonchev–Trinajstić information content (AvgIpc) is 3.10. The van der Waals surface area contributed by atoms with Crippen molar-refractivity contribution >= 4 is 23.3 Å². The normalized spacial score (nSPS) is 18.2. The number of amides is 2. The quantitative estimate of drug-likeness (QED) is 0.822. The van der Waals surface area contributed by atoms with Gasteiger partial charge in [-0.2, -0.15) is 0 Å². The fraction of sp³-hybridized carbons (Fsp3) is 0.294. The van der Waals surface area contributed by atoms with E-state index in [1.54, 1.807) is 30.5 Å². The standard InChI is InChI=1S/C17H17ClFN3O2/c18-16-13(3-1-9-20-16)21-17(23)22-15(14-4-2-10-24-14)11-5-7-12(19)8-6-11/h1,3,5-9,14-15H,2,4,10H2,(H2,21,22,23). The van der Waals surface area contributed by atoms with Crippen LogP contribution in [0.3, 0.4) is 0 Å². The molecule has 2 aromatic rings. The topological polar surface area (TPSA) is 63.2 Å². The summed E-state index contributed by atoms with van der Waals surface area (Å²) in [7, 11) is 0. The van der Waals surface area contributed by atoms with E-state index in [1.165, 1.54) is 12.1 Å². The molecule has 0 radical (unpaired) electrons. The van der Waals surface area contributed by atoms with Crippen molar-refractivity contribution in [2.24, 2.45) is 0 Å². The molecule has 1 aromatic heterocycles. The van der Waals surface area contributed by atoms with Crippen LogP contribution < -0.4 is 10.6 Å². The van der Waals surface area contributed by atoms with Crippen LogP contribution in [0, 0.1) is 5.82 Å². The number of benzene rings is 1. The lowest BCUT2D eigenvalue weighted by Crippen LogP contribution is -2.38. The average molecular weight is 350 g/mol. The summed E-state index contributed by atoms with van der Waals surface area (Å²) in [6.45, 7) is 0.653. The Balaban J connectivity index is 1.75. The van der Waals surface area contributed by atoms with Gasteiger partial charge in [0, 0.05) is 12.8 Å². The number of anilines is 1. The van der Waals surface area contributed by atoms with E-state index in [0.717, 1.165) is 18.4 Å². The zero-order chi connectivity index (χ0) is 16.9. The highest BCUT2D eigenvalue weighted by Gasteiger charge is 2.29. The van der Waals surface area contributed by atoms with Crippen LogP contribution in [-0.2, 0) is 4.74 Å². The Hall–Kier alpha value is -2.18. The molecule has 24 heavy (non-hydrogen) atoms. The summed E-state index contributed by atoms with van der Waals surface area (Å²) in [6, 6.07) is 8.59. The van der Waals surface area contributed by atoms with Gasteiger partial charge in [0.2, 0.25) is 0 Å². The van der Waals surface area contributed by atoms with Crippen molar-refractivity contribution in [2.45, 2.75) is 25.0 Å². The molecule has 1 aliphatic heterocycles. The van der Waals surface area contributed by atoms with Crippen molar-refractivity contribution in [1.29, 1.82) is 0 Å². The van der Waals surface area contributed by atoms with Gasteiger partial charge in [-0.15, -0.1) is 0 Å². The zero-order valence-corrected chi connectivity index (χ0v) is 13.6. The summed E-state index contributed by atoms with van der Waals surface area (Å²) >= 11 is 5.95. The molecule has 2 N–H and O–H groups in total. The SMILES string of the molecule is O=C(Nc1cccnc1Cl)NC(c1ccc(F)cc1)C1CCCO1. The van der Waals surface area contributed by atoms with Crippen LogP contribution in [0.25, 0.3) is 0 Å². The van der Waals surface area contributed by atoms with Crippen molar-refractivity contribution in [2.75, 3.05) is 11.9 Å². The predicted octanol–water partition coefficient (Wildman–Crippen LogP) is 3.92. The number of hydrogen-bond acceptors (Lipinski definition) is 3. The van der Waals surface area contributed by atoms with Crippen molar-refractivity contribution in [3.63, 3.8) is 0 Å². The summed E-state index contributed by atoms with van der Waals surface area (Å²) in [5, 5.41) is 5.77. The molecule has 2 unspecified atom stereocenters. The first kappa shape index (κ1) is 16.7. The van der Waals surface area contributed by atoms with E-state index in [2.05, 4.69) is 15.6 Å². The summed E-state index contributed by atoms with van der Waals surface area (Å²) < 4.78 is 18.9. The van der Waals surface area contributed by atoms with Crippen molar-refractivity contribution < 1.29 is 13.9 Å². The number of aromatic nitrogens is 1. The lowest BCUT2D eigenvalue weighted by atomic mass is 9.99. The van der Waals surface area contributed by atoms with E-state index >= 15 is 0 Å². The Labute approximate surface area is 144 Å². The van der Waals surface area contributed by atoms with Crippen LogP contribution >= 0.6 is 11.6 Å². The van der Waals surface area contributed by atoms with Gasteiger partial charge in [-0.3, -0.25) is 0 Å². The summed E-state index contributed by atoms with van der Waals surface area (Å²) in [5.74, 6) is -0.323. The van der Waals surface area contributed by atoms with E-state index < -0.39 is 6.03 Å². The molecule has 3 rings (SSSR count). The van der Waals surface area contributed by atoms with Crippen LogP contribution in [0.4, 0.5) is 14.9 Å². The van der Waals surface area contributed by atoms with Gasteiger partial charge < -0.3 is 15.4 Å². The van der Waals surface area contributed by atoms with Gasteiger partial charge in [-0.05, 0) is 42.7 Å². The smallest absolute Gasteiger partial charge is 0.319 e. The van der Waals surface area contributed by atoms with Gasteiger partial charge in [-0.1, -0.05) is 23.7 Å². The lowest BCUT2D eigenvalue weighted by molar-refractivity contribution is 0.0815. The molecule has 2 amide bonds. The molecule has 1 saturated heterocycles. The Morgan fingerprint density at radius 3 is 2.79 bits per heavy atom. The first-order valence-electron chi connectivity index (χ1n) is 7.68. The third kappa shape index (κ3) is 4.01. The van der Waals surface area contributed by atoms with Crippen LogP contribution in [0.1, 0.15) is 24.4 Å². The second-order valence-corrected chi connectivity index (χ2v) is 5.88. The number of halogens is 2. The van der Waals surface area contributed by atoms with Crippen LogP contribution in [0.2, 0.25) is 5.15 Å². The first-order chi connectivity index (χ1) is 11.6. The fourth-order valence-electron chi connectivity index (χ4n) is 2.71. The second kappa shape index (κ2) is 7.59. The number of ether oxygens (including phenoxy) is 1. The van der Waals surface area contributed by atoms with E-state index in [1.807, 2.05) is 0 Å². The second-order valence-electron chi connectivity index (χ2n) is 5.52. The third-order valence-electron chi connectivity index (χ3n) is 3.86. The molecule has 1 aromatic carbocycles.